The fraction of sp³-hybridized carbons (Fsp3) is 0.0833. The van der Waals surface area contributed by atoms with Crippen LogP contribution in [-0.2, 0) is 29.6 Å². The highest BCUT2D eigenvalue weighted by molar-refractivity contribution is 7.90. The van der Waals surface area contributed by atoms with Crippen LogP contribution in [0.15, 0.2) is 82.6 Å². The van der Waals surface area contributed by atoms with E-state index in [2.05, 4.69) is 10.6 Å². The molecule has 4 N–H and O–H groups in total. The first-order valence-corrected chi connectivity index (χ1v) is 13.7. The maximum absolute atomic E-state index is 12.5. The Bertz CT molecular complexity index is 1480. The molecule has 0 bridgehead atoms. The minimum Gasteiger partial charge on any atom is -0.322 e. The molecule has 12 nitrogen and oxygen atoms in total. The number of amides is 4. The van der Waals surface area contributed by atoms with Crippen LogP contribution in [0.3, 0.4) is 0 Å². The van der Waals surface area contributed by atoms with Crippen LogP contribution in [0.5, 0.6) is 0 Å². The zero-order valence-electron chi connectivity index (χ0n) is 20.0. The van der Waals surface area contributed by atoms with E-state index in [4.69, 9.17) is 0 Å². The number of benzene rings is 3. The second-order valence-corrected chi connectivity index (χ2v) is 11.2. The van der Waals surface area contributed by atoms with E-state index in [1.807, 2.05) is 9.44 Å². The van der Waals surface area contributed by atoms with Crippen LogP contribution in [0.2, 0.25) is 0 Å². The third kappa shape index (κ3) is 7.24. The highest BCUT2D eigenvalue weighted by Gasteiger charge is 2.17. The smallest absolute Gasteiger partial charge is 0.264 e. The van der Waals surface area contributed by atoms with E-state index in [-0.39, 0.29) is 20.9 Å². The molecule has 4 amide bonds. The van der Waals surface area contributed by atoms with Crippen LogP contribution in [0, 0.1) is 0 Å². The van der Waals surface area contributed by atoms with Crippen LogP contribution < -0.4 is 20.1 Å². The standard InChI is InChI=1S/C24H22N4O8S2/c1-15(29)27-37(33,34)21-11-7-19(8-12-21)25-23(31)17-3-5-18(6-4-17)24(32)26-20-9-13-22(14-10-20)38(35,36)28-16(2)30/h3-14H,1-2H3,(H,25,31)(H,26,32)(H,27,29)(H,28,30). The molecular formula is C24H22N4O8S2. The van der Waals surface area contributed by atoms with Crippen LogP contribution >= 0.6 is 0 Å². The third-order valence-corrected chi connectivity index (χ3v) is 7.71. The summed E-state index contributed by atoms with van der Waals surface area (Å²) in [7, 11) is -8.00. The van der Waals surface area contributed by atoms with Gasteiger partial charge in [-0.05, 0) is 72.8 Å². The second-order valence-electron chi connectivity index (χ2n) is 7.86. The van der Waals surface area contributed by atoms with Crippen molar-refractivity contribution in [1.29, 1.82) is 0 Å². The Balaban J connectivity index is 1.62. The van der Waals surface area contributed by atoms with Crippen LogP contribution in [-0.4, -0.2) is 40.5 Å². The van der Waals surface area contributed by atoms with Crippen LogP contribution in [0.25, 0.3) is 0 Å². The lowest BCUT2D eigenvalue weighted by Gasteiger charge is -2.09. The summed E-state index contributed by atoms with van der Waals surface area (Å²) in [6, 6.07) is 16.1. The SMILES string of the molecule is CC(=O)NS(=O)(=O)c1ccc(NC(=O)c2ccc(C(=O)Nc3ccc(S(=O)(=O)NC(C)=O)cc3)cc2)cc1. The molecule has 0 aromatic heterocycles. The largest absolute Gasteiger partial charge is 0.322 e. The van der Waals surface area contributed by atoms with Gasteiger partial charge in [0.05, 0.1) is 9.79 Å². The lowest BCUT2D eigenvalue weighted by molar-refractivity contribution is -0.118. The Labute approximate surface area is 218 Å². The van der Waals surface area contributed by atoms with Gasteiger partial charge in [0.2, 0.25) is 11.8 Å². The molecule has 0 spiro atoms. The fourth-order valence-corrected chi connectivity index (χ4v) is 5.09. The molecule has 14 heteroatoms. The van der Waals surface area contributed by atoms with E-state index in [0.717, 1.165) is 13.8 Å². The van der Waals surface area contributed by atoms with Crippen molar-refractivity contribution in [2.45, 2.75) is 23.6 Å². The van der Waals surface area contributed by atoms with E-state index >= 15 is 0 Å². The van der Waals surface area contributed by atoms with Gasteiger partial charge in [-0.25, -0.2) is 26.3 Å². The van der Waals surface area contributed by atoms with Gasteiger partial charge in [0.1, 0.15) is 0 Å². The first kappa shape index (κ1) is 28.0. The highest BCUT2D eigenvalue weighted by atomic mass is 32.2. The van der Waals surface area contributed by atoms with Crippen molar-refractivity contribution in [3.8, 4) is 0 Å². The molecule has 0 saturated carbocycles. The molecule has 198 valence electrons. The fourth-order valence-electron chi connectivity index (χ4n) is 3.11. The summed E-state index contributed by atoms with van der Waals surface area (Å²) >= 11 is 0. The van der Waals surface area contributed by atoms with E-state index in [0.29, 0.717) is 11.4 Å². The van der Waals surface area contributed by atoms with E-state index < -0.39 is 43.7 Å². The maximum Gasteiger partial charge on any atom is 0.264 e. The van der Waals surface area contributed by atoms with E-state index in [1.165, 1.54) is 72.8 Å². The summed E-state index contributed by atoms with van der Waals surface area (Å²) in [5, 5.41) is 5.20. The van der Waals surface area contributed by atoms with Gasteiger partial charge in [0.15, 0.2) is 0 Å². The van der Waals surface area contributed by atoms with Crippen molar-refractivity contribution in [2.24, 2.45) is 0 Å². The molecule has 0 aliphatic carbocycles. The maximum atomic E-state index is 12.5. The number of anilines is 2. The van der Waals surface area contributed by atoms with Gasteiger partial charge in [-0.2, -0.15) is 0 Å². The molecule has 0 unspecified atom stereocenters. The van der Waals surface area contributed by atoms with E-state index in [1.54, 1.807) is 0 Å². The summed E-state index contributed by atoms with van der Waals surface area (Å²) in [4.78, 5) is 46.8. The summed E-state index contributed by atoms with van der Waals surface area (Å²) in [5.41, 5.74) is 1.07. The number of carbonyl (C=O) groups is 4. The van der Waals surface area contributed by atoms with Crippen LogP contribution in [0.4, 0.5) is 11.4 Å². The number of sulfonamides is 2. The van der Waals surface area contributed by atoms with Crippen molar-refractivity contribution in [2.75, 3.05) is 10.6 Å². The quantitative estimate of drug-likeness (QED) is 0.323. The lowest BCUT2D eigenvalue weighted by Crippen LogP contribution is -2.28. The van der Waals surface area contributed by atoms with Gasteiger partial charge in [0, 0.05) is 36.3 Å². The van der Waals surface area contributed by atoms with Gasteiger partial charge < -0.3 is 10.6 Å². The van der Waals surface area contributed by atoms with E-state index in [9.17, 15) is 36.0 Å². The monoisotopic (exact) mass is 558 g/mol. The second kappa shape index (κ2) is 11.2. The van der Waals surface area contributed by atoms with Gasteiger partial charge >= 0.3 is 0 Å². The normalized spacial score (nSPS) is 11.2. The molecule has 3 aromatic carbocycles. The Morgan fingerprint density at radius 2 is 0.789 bits per heavy atom. The first-order chi connectivity index (χ1) is 17.8. The predicted molar refractivity (Wildman–Crippen MR) is 137 cm³/mol. The average molecular weight is 559 g/mol. The van der Waals surface area contributed by atoms with Crippen LogP contribution in [0.1, 0.15) is 34.6 Å². The summed E-state index contributed by atoms with van der Waals surface area (Å²) in [6.07, 6.45) is 0. The molecule has 38 heavy (non-hydrogen) atoms. The van der Waals surface area contributed by atoms with Gasteiger partial charge in [-0.1, -0.05) is 0 Å². The van der Waals surface area contributed by atoms with Crippen molar-refractivity contribution in [3.63, 3.8) is 0 Å². The molecule has 0 aliphatic heterocycles. The summed E-state index contributed by atoms with van der Waals surface area (Å²) in [5.74, 6) is -2.48. The zero-order valence-corrected chi connectivity index (χ0v) is 21.6. The molecule has 0 aliphatic rings. The Morgan fingerprint density at radius 3 is 1.05 bits per heavy atom. The summed E-state index contributed by atoms with van der Waals surface area (Å²) in [6.45, 7) is 2.15. The molecule has 3 rings (SSSR count). The van der Waals surface area contributed by atoms with Gasteiger partial charge in [-0.15, -0.1) is 0 Å². The molecule has 0 radical (unpaired) electrons. The Morgan fingerprint density at radius 1 is 0.500 bits per heavy atom. The Kier molecular flexibility index (Phi) is 8.28. The highest BCUT2D eigenvalue weighted by Crippen LogP contribution is 2.17. The number of carbonyl (C=O) groups excluding carboxylic acids is 4. The van der Waals surface area contributed by atoms with Crippen molar-refractivity contribution >= 4 is 55.1 Å². The topological polar surface area (TPSA) is 185 Å². The lowest BCUT2D eigenvalue weighted by atomic mass is 10.1. The van der Waals surface area contributed by atoms with Crippen molar-refractivity contribution in [1.82, 2.24) is 9.44 Å². The molecule has 0 heterocycles. The number of nitrogens with one attached hydrogen (secondary N) is 4. The van der Waals surface area contributed by atoms with Crippen molar-refractivity contribution in [3.05, 3.63) is 83.9 Å². The molecule has 3 aromatic rings. The molecule has 0 fully saturated rings. The van der Waals surface area contributed by atoms with Crippen molar-refractivity contribution < 1.29 is 36.0 Å². The number of rotatable bonds is 8. The zero-order chi connectivity index (χ0) is 28.1. The van der Waals surface area contributed by atoms with Gasteiger partial charge in [-0.3, -0.25) is 19.2 Å². The average Bonchev–Trinajstić information content (AvgIpc) is 2.83. The Hall–Kier alpha value is -4.56. The molecule has 0 atom stereocenters. The predicted octanol–water partition coefficient (Wildman–Crippen LogP) is 1.84. The summed E-state index contributed by atoms with van der Waals surface area (Å²) < 4.78 is 51.7. The third-order valence-electron chi connectivity index (χ3n) is 4.81. The number of hydrogen-bond acceptors (Lipinski definition) is 8. The molecular weight excluding hydrogens is 536 g/mol. The first-order valence-electron chi connectivity index (χ1n) is 10.8. The molecule has 0 saturated heterocycles. The number of hydrogen-bond donors (Lipinski definition) is 4. The minimum atomic E-state index is -4.00. The van der Waals surface area contributed by atoms with Gasteiger partial charge in [0.25, 0.3) is 31.9 Å². The minimum absolute atomic E-state index is 0.148.